The third kappa shape index (κ3) is 2.56. The maximum atomic E-state index is 12.1. The monoisotopic (exact) mass is 287 g/mol. The second-order valence-corrected chi connectivity index (χ2v) is 7.69. The predicted molar refractivity (Wildman–Crippen MR) is 76.6 cm³/mol. The van der Waals surface area contributed by atoms with Gasteiger partial charge in [-0.2, -0.15) is 11.8 Å². The van der Waals surface area contributed by atoms with Crippen LogP contribution in [0, 0.1) is 0 Å². The lowest BCUT2D eigenvalue weighted by Crippen LogP contribution is -2.48. The van der Waals surface area contributed by atoms with Gasteiger partial charge >= 0.3 is 0 Å². The maximum absolute atomic E-state index is 12.1. The molecule has 1 fully saturated rings. The Balaban J connectivity index is 2.38. The summed E-state index contributed by atoms with van der Waals surface area (Å²) in [5.41, 5.74) is 6.42. The van der Waals surface area contributed by atoms with Gasteiger partial charge in [0.05, 0.1) is 5.69 Å². The van der Waals surface area contributed by atoms with Gasteiger partial charge in [0.15, 0.2) is 15.7 Å². The summed E-state index contributed by atoms with van der Waals surface area (Å²) in [4.78, 5) is 6.05. The van der Waals surface area contributed by atoms with Crippen molar-refractivity contribution in [2.45, 2.75) is 12.3 Å². The fourth-order valence-electron chi connectivity index (χ4n) is 1.96. The first-order chi connectivity index (χ1) is 8.56. The molecule has 7 heteroatoms. The highest BCUT2D eigenvalue weighted by Gasteiger charge is 2.34. The molecule has 18 heavy (non-hydrogen) atoms. The SMILES string of the molecule is CCS(=O)(=O)C1CSCCN1c1ncccc1N. The van der Waals surface area contributed by atoms with Gasteiger partial charge in [0, 0.05) is 30.0 Å². The number of nitrogens with two attached hydrogens (primary N) is 1. The molecule has 0 amide bonds. The fraction of sp³-hybridized carbons (Fsp3) is 0.545. The largest absolute Gasteiger partial charge is 0.396 e. The van der Waals surface area contributed by atoms with Gasteiger partial charge in [-0.15, -0.1) is 0 Å². The van der Waals surface area contributed by atoms with Gasteiger partial charge in [0.25, 0.3) is 0 Å². The predicted octanol–water partition coefficient (Wildman–Crippen LogP) is 0.978. The molecule has 1 aromatic rings. The van der Waals surface area contributed by atoms with Crippen LogP contribution < -0.4 is 10.6 Å². The van der Waals surface area contributed by atoms with Crippen LogP contribution in [0.3, 0.4) is 0 Å². The molecule has 1 atom stereocenters. The number of thioether (sulfide) groups is 1. The van der Waals surface area contributed by atoms with Gasteiger partial charge in [-0.25, -0.2) is 13.4 Å². The first kappa shape index (κ1) is 13.5. The molecule has 1 aromatic heterocycles. The number of anilines is 2. The first-order valence-electron chi connectivity index (χ1n) is 5.82. The van der Waals surface area contributed by atoms with Gasteiger partial charge in [-0.3, -0.25) is 0 Å². The van der Waals surface area contributed by atoms with E-state index in [1.165, 1.54) is 0 Å². The van der Waals surface area contributed by atoms with E-state index in [1.54, 1.807) is 37.0 Å². The van der Waals surface area contributed by atoms with Crippen molar-refractivity contribution in [2.24, 2.45) is 0 Å². The number of hydrogen-bond acceptors (Lipinski definition) is 6. The Morgan fingerprint density at radius 1 is 1.61 bits per heavy atom. The zero-order valence-corrected chi connectivity index (χ0v) is 11.9. The number of pyridine rings is 1. The molecule has 1 aliphatic heterocycles. The van der Waals surface area contributed by atoms with E-state index < -0.39 is 15.2 Å². The van der Waals surface area contributed by atoms with Crippen LogP contribution in [0.25, 0.3) is 0 Å². The number of nitrogens with zero attached hydrogens (tertiary/aromatic N) is 2. The minimum Gasteiger partial charge on any atom is -0.396 e. The molecule has 100 valence electrons. The zero-order valence-electron chi connectivity index (χ0n) is 10.2. The lowest BCUT2D eigenvalue weighted by atomic mass is 10.3. The number of aromatic nitrogens is 1. The Morgan fingerprint density at radius 3 is 3.06 bits per heavy atom. The van der Waals surface area contributed by atoms with Crippen molar-refractivity contribution in [1.29, 1.82) is 0 Å². The van der Waals surface area contributed by atoms with E-state index >= 15 is 0 Å². The van der Waals surface area contributed by atoms with Crippen LogP contribution in [0.4, 0.5) is 11.5 Å². The zero-order chi connectivity index (χ0) is 13.2. The Hall–Kier alpha value is -0.950. The smallest absolute Gasteiger partial charge is 0.171 e. The van der Waals surface area contributed by atoms with E-state index in [9.17, 15) is 8.42 Å². The number of rotatable bonds is 3. The lowest BCUT2D eigenvalue weighted by molar-refractivity contribution is 0.579. The molecule has 0 bridgehead atoms. The van der Waals surface area contributed by atoms with Gasteiger partial charge in [0.1, 0.15) is 5.37 Å². The molecule has 0 radical (unpaired) electrons. The molecule has 5 nitrogen and oxygen atoms in total. The Labute approximate surface area is 112 Å². The molecule has 2 heterocycles. The fourth-order valence-corrected chi connectivity index (χ4v) is 4.93. The normalized spacial score (nSPS) is 20.9. The van der Waals surface area contributed by atoms with Gasteiger partial charge in [-0.1, -0.05) is 6.92 Å². The van der Waals surface area contributed by atoms with Crippen molar-refractivity contribution < 1.29 is 8.42 Å². The summed E-state index contributed by atoms with van der Waals surface area (Å²) >= 11 is 1.66. The molecule has 1 saturated heterocycles. The van der Waals surface area contributed by atoms with Crippen molar-refractivity contribution in [3.63, 3.8) is 0 Å². The maximum Gasteiger partial charge on any atom is 0.171 e. The summed E-state index contributed by atoms with van der Waals surface area (Å²) < 4.78 is 24.3. The van der Waals surface area contributed by atoms with E-state index in [-0.39, 0.29) is 5.75 Å². The highest BCUT2D eigenvalue weighted by atomic mass is 32.2. The van der Waals surface area contributed by atoms with Crippen LogP contribution in [0.2, 0.25) is 0 Å². The first-order valence-corrected chi connectivity index (χ1v) is 8.69. The topological polar surface area (TPSA) is 76.3 Å². The number of sulfone groups is 1. The highest BCUT2D eigenvalue weighted by Crippen LogP contribution is 2.29. The highest BCUT2D eigenvalue weighted by molar-refractivity contribution is 8.01. The summed E-state index contributed by atoms with van der Waals surface area (Å²) in [6.07, 6.45) is 1.64. The van der Waals surface area contributed by atoms with Crippen molar-refractivity contribution >= 4 is 33.1 Å². The Morgan fingerprint density at radius 2 is 2.39 bits per heavy atom. The Bertz CT molecular complexity index is 519. The second-order valence-electron chi connectivity index (χ2n) is 4.09. The third-order valence-electron chi connectivity index (χ3n) is 2.99. The molecule has 0 spiro atoms. The number of nitrogen functional groups attached to an aromatic ring is 1. The molecule has 1 unspecified atom stereocenters. The van der Waals surface area contributed by atoms with Gasteiger partial charge in [-0.05, 0) is 12.1 Å². The summed E-state index contributed by atoms with van der Waals surface area (Å²) in [5.74, 6) is 2.19. The molecule has 2 N–H and O–H groups in total. The van der Waals surface area contributed by atoms with E-state index in [0.717, 1.165) is 5.75 Å². The molecule has 1 aliphatic rings. The van der Waals surface area contributed by atoms with Crippen LogP contribution in [0.5, 0.6) is 0 Å². The Kier molecular flexibility index (Phi) is 4.01. The van der Waals surface area contributed by atoms with Crippen molar-refractivity contribution in [1.82, 2.24) is 4.98 Å². The standard InChI is InChI=1S/C11H17N3O2S2/c1-2-18(15,16)10-8-17-7-6-14(10)11-9(12)4-3-5-13-11/h3-5,10H,2,6-8,12H2,1H3. The summed E-state index contributed by atoms with van der Waals surface area (Å²) in [6.45, 7) is 2.34. The average Bonchev–Trinajstić information content (AvgIpc) is 2.39. The second kappa shape index (κ2) is 5.36. The van der Waals surface area contributed by atoms with Crippen LogP contribution in [0.1, 0.15) is 6.92 Å². The van der Waals surface area contributed by atoms with E-state index in [4.69, 9.17) is 5.73 Å². The van der Waals surface area contributed by atoms with Gasteiger partial charge in [0.2, 0.25) is 0 Å². The lowest BCUT2D eigenvalue weighted by Gasteiger charge is -2.36. The molecular weight excluding hydrogens is 270 g/mol. The summed E-state index contributed by atoms with van der Waals surface area (Å²) in [7, 11) is -3.13. The van der Waals surface area contributed by atoms with Crippen LogP contribution in [0.15, 0.2) is 18.3 Å². The summed E-state index contributed by atoms with van der Waals surface area (Å²) in [6, 6.07) is 3.50. The van der Waals surface area contributed by atoms with Gasteiger partial charge < -0.3 is 10.6 Å². The van der Waals surface area contributed by atoms with E-state index in [2.05, 4.69) is 4.98 Å². The van der Waals surface area contributed by atoms with Crippen molar-refractivity contribution in [3.8, 4) is 0 Å². The minimum atomic E-state index is -3.13. The molecule has 0 aromatic carbocycles. The number of hydrogen-bond donors (Lipinski definition) is 1. The average molecular weight is 287 g/mol. The van der Waals surface area contributed by atoms with Crippen LogP contribution in [-0.2, 0) is 9.84 Å². The molecular formula is C11H17N3O2S2. The van der Waals surface area contributed by atoms with Crippen molar-refractivity contribution in [3.05, 3.63) is 18.3 Å². The third-order valence-corrected chi connectivity index (χ3v) is 6.28. The summed E-state index contributed by atoms with van der Waals surface area (Å²) in [5, 5.41) is -0.515. The molecule has 2 rings (SSSR count). The quantitative estimate of drug-likeness (QED) is 0.893. The molecule has 0 saturated carbocycles. The van der Waals surface area contributed by atoms with Crippen molar-refractivity contribution in [2.75, 3.05) is 34.4 Å². The van der Waals surface area contributed by atoms with E-state index in [0.29, 0.717) is 23.8 Å². The minimum absolute atomic E-state index is 0.140. The molecule has 0 aliphatic carbocycles. The van der Waals surface area contributed by atoms with E-state index in [1.807, 2.05) is 4.90 Å². The van der Waals surface area contributed by atoms with Crippen LogP contribution in [-0.4, -0.2) is 42.6 Å². The van der Waals surface area contributed by atoms with Crippen LogP contribution >= 0.6 is 11.8 Å².